The average Bonchev–Trinajstić information content (AvgIpc) is 2.54. The van der Waals surface area contributed by atoms with Crippen LogP contribution < -0.4 is 10.8 Å². The maximum Gasteiger partial charge on any atom is 0.326 e. The summed E-state index contributed by atoms with van der Waals surface area (Å²) in [6, 6.07) is 3.34. The minimum atomic E-state index is -0.615. The quantitative estimate of drug-likeness (QED) is 0.319. The van der Waals surface area contributed by atoms with Crippen LogP contribution in [0.2, 0.25) is 0 Å². The lowest BCUT2D eigenvalue weighted by atomic mass is 10.2. The Morgan fingerprint density at radius 1 is 1.52 bits per heavy atom. The number of carbonyl (C=O) groups excluding carboxylic acids is 2. The van der Waals surface area contributed by atoms with Gasteiger partial charge in [-0.1, -0.05) is 19.9 Å². The standard InChI is InChI=1S/C12H13N3O4.C2H6/c16-11(15-18)4-3-9-2-1-8(5-13-9)6-14-10-7-19-12(10)17;1-2/h1-5,10,14,18H,6-7H2,(H,15,16);1-2H3/b4-3+;. The normalized spacial score (nSPS) is 16.5. The summed E-state index contributed by atoms with van der Waals surface area (Å²) in [5.74, 6) is -0.849. The summed E-state index contributed by atoms with van der Waals surface area (Å²) in [5, 5.41) is 11.3. The fourth-order valence-electron chi connectivity index (χ4n) is 1.46. The largest absolute Gasteiger partial charge is 0.462 e. The highest BCUT2D eigenvalue weighted by atomic mass is 16.6. The van der Waals surface area contributed by atoms with Crippen molar-refractivity contribution in [1.29, 1.82) is 0 Å². The second-order valence-electron chi connectivity index (χ2n) is 3.96. The van der Waals surface area contributed by atoms with Crippen molar-refractivity contribution in [2.75, 3.05) is 6.61 Å². The van der Waals surface area contributed by atoms with Crippen LogP contribution >= 0.6 is 0 Å². The maximum absolute atomic E-state index is 10.9. The van der Waals surface area contributed by atoms with Gasteiger partial charge in [0.05, 0.1) is 5.69 Å². The van der Waals surface area contributed by atoms with Crippen LogP contribution in [0, 0.1) is 0 Å². The SMILES string of the molecule is CC.O=C(/C=C/c1ccc(CNC2COC2=O)cn1)NO. The molecule has 0 spiro atoms. The number of aromatic nitrogens is 1. The van der Waals surface area contributed by atoms with Crippen LogP contribution in [0.3, 0.4) is 0 Å². The van der Waals surface area contributed by atoms with Crippen molar-refractivity contribution < 1.29 is 19.5 Å². The Kier molecular flexibility index (Phi) is 7.06. The molecule has 1 aliphatic rings. The summed E-state index contributed by atoms with van der Waals surface area (Å²) < 4.78 is 4.63. The molecular formula is C14H19N3O4. The molecule has 7 heteroatoms. The van der Waals surface area contributed by atoms with Gasteiger partial charge in [-0.25, -0.2) is 5.48 Å². The summed E-state index contributed by atoms with van der Waals surface area (Å²) in [4.78, 5) is 25.8. The first-order valence-corrected chi connectivity index (χ1v) is 6.66. The van der Waals surface area contributed by atoms with E-state index in [2.05, 4.69) is 15.0 Å². The molecule has 2 rings (SSSR count). The third-order valence-electron chi connectivity index (χ3n) is 2.59. The second-order valence-corrected chi connectivity index (χ2v) is 3.96. The van der Waals surface area contributed by atoms with Gasteiger partial charge in [0.25, 0.3) is 5.91 Å². The zero-order valence-corrected chi connectivity index (χ0v) is 12.0. The van der Waals surface area contributed by atoms with Crippen molar-refractivity contribution in [2.45, 2.75) is 26.4 Å². The first-order valence-electron chi connectivity index (χ1n) is 6.66. The molecule has 0 bridgehead atoms. The number of nitrogens with zero attached hydrogens (tertiary/aromatic N) is 1. The summed E-state index contributed by atoms with van der Waals surface area (Å²) in [6.07, 6.45) is 4.30. The Labute approximate surface area is 123 Å². The van der Waals surface area contributed by atoms with E-state index in [4.69, 9.17) is 5.21 Å². The maximum atomic E-state index is 10.9. The van der Waals surface area contributed by atoms with Gasteiger partial charge in [0.15, 0.2) is 0 Å². The third-order valence-corrected chi connectivity index (χ3v) is 2.59. The summed E-state index contributed by atoms with van der Waals surface area (Å²) in [5.41, 5.74) is 3.00. The zero-order chi connectivity index (χ0) is 15.7. The van der Waals surface area contributed by atoms with Crippen molar-refractivity contribution in [2.24, 2.45) is 0 Å². The van der Waals surface area contributed by atoms with Crippen LogP contribution in [-0.4, -0.2) is 34.7 Å². The topological polar surface area (TPSA) is 101 Å². The average molecular weight is 293 g/mol. The molecule has 0 aliphatic carbocycles. The van der Waals surface area contributed by atoms with E-state index in [1.807, 2.05) is 19.9 Å². The molecule has 7 nitrogen and oxygen atoms in total. The van der Waals surface area contributed by atoms with E-state index >= 15 is 0 Å². The van der Waals surface area contributed by atoms with Gasteiger partial charge in [0.1, 0.15) is 12.6 Å². The fraction of sp³-hybridized carbons (Fsp3) is 0.357. The lowest BCUT2D eigenvalue weighted by Gasteiger charge is -2.25. The third kappa shape index (κ3) is 5.33. The minimum absolute atomic E-state index is 0.229. The number of ether oxygens (including phenoxy) is 1. The molecule has 1 fully saturated rings. The van der Waals surface area contributed by atoms with E-state index in [0.717, 1.165) is 5.56 Å². The molecule has 1 amide bonds. The smallest absolute Gasteiger partial charge is 0.326 e. The number of hydrogen-bond acceptors (Lipinski definition) is 6. The molecule has 1 aromatic heterocycles. The number of hydrogen-bond donors (Lipinski definition) is 3. The summed E-state index contributed by atoms with van der Waals surface area (Å²) in [6.45, 7) is 4.93. The van der Waals surface area contributed by atoms with Gasteiger partial charge in [-0.3, -0.25) is 25.1 Å². The Bertz CT molecular complexity index is 499. The molecule has 1 unspecified atom stereocenters. The van der Waals surface area contributed by atoms with Crippen molar-refractivity contribution in [1.82, 2.24) is 15.8 Å². The highest BCUT2D eigenvalue weighted by molar-refractivity contribution is 5.90. The number of esters is 1. The van der Waals surface area contributed by atoms with Crippen LogP contribution in [0.4, 0.5) is 0 Å². The highest BCUT2D eigenvalue weighted by Crippen LogP contribution is 2.06. The Hall–Kier alpha value is -2.25. The van der Waals surface area contributed by atoms with Gasteiger partial charge in [-0.2, -0.15) is 0 Å². The van der Waals surface area contributed by atoms with Crippen LogP contribution in [0.25, 0.3) is 6.08 Å². The van der Waals surface area contributed by atoms with Gasteiger partial charge >= 0.3 is 5.97 Å². The van der Waals surface area contributed by atoms with Crippen LogP contribution in [0.15, 0.2) is 24.4 Å². The van der Waals surface area contributed by atoms with Crippen LogP contribution in [0.5, 0.6) is 0 Å². The Morgan fingerprint density at radius 3 is 2.76 bits per heavy atom. The molecule has 1 atom stereocenters. The van der Waals surface area contributed by atoms with E-state index in [9.17, 15) is 9.59 Å². The van der Waals surface area contributed by atoms with Crippen LogP contribution in [0.1, 0.15) is 25.1 Å². The van der Waals surface area contributed by atoms with E-state index in [0.29, 0.717) is 18.8 Å². The number of pyridine rings is 1. The molecule has 1 aromatic rings. The van der Waals surface area contributed by atoms with E-state index in [-0.39, 0.29) is 12.0 Å². The highest BCUT2D eigenvalue weighted by Gasteiger charge is 2.29. The molecule has 1 aliphatic heterocycles. The molecule has 0 saturated carbocycles. The first-order chi connectivity index (χ1) is 10.2. The first kappa shape index (κ1) is 16.8. The Balaban J connectivity index is 0.00000106. The van der Waals surface area contributed by atoms with Crippen molar-refractivity contribution in [3.8, 4) is 0 Å². The molecule has 1 saturated heterocycles. The molecular weight excluding hydrogens is 274 g/mol. The predicted octanol–water partition coefficient (Wildman–Crippen LogP) is 0.641. The monoisotopic (exact) mass is 293 g/mol. The summed E-state index contributed by atoms with van der Waals surface area (Å²) >= 11 is 0. The number of hydroxylamine groups is 1. The molecule has 2 heterocycles. The van der Waals surface area contributed by atoms with E-state index in [1.54, 1.807) is 12.3 Å². The van der Waals surface area contributed by atoms with Gasteiger partial charge in [-0.15, -0.1) is 0 Å². The fourth-order valence-corrected chi connectivity index (χ4v) is 1.46. The molecule has 114 valence electrons. The van der Waals surface area contributed by atoms with Crippen molar-refractivity contribution >= 4 is 18.0 Å². The number of cyclic esters (lactones) is 1. The number of carbonyl (C=O) groups is 2. The number of amides is 1. The number of rotatable bonds is 5. The lowest BCUT2D eigenvalue weighted by Crippen LogP contribution is -2.50. The van der Waals surface area contributed by atoms with Crippen molar-refractivity contribution in [3.63, 3.8) is 0 Å². The lowest BCUT2D eigenvalue weighted by molar-refractivity contribution is -0.163. The van der Waals surface area contributed by atoms with E-state index < -0.39 is 5.91 Å². The molecule has 0 aromatic carbocycles. The van der Waals surface area contributed by atoms with Crippen molar-refractivity contribution in [3.05, 3.63) is 35.7 Å². The molecule has 21 heavy (non-hydrogen) atoms. The van der Waals surface area contributed by atoms with Gasteiger partial charge < -0.3 is 4.74 Å². The summed E-state index contributed by atoms with van der Waals surface area (Å²) in [7, 11) is 0. The predicted molar refractivity (Wildman–Crippen MR) is 76.1 cm³/mol. The minimum Gasteiger partial charge on any atom is -0.462 e. The zero-order valence-electron chi connectivity index (χ0n) is 12.0. The van der Waals surface area contributed by atoms with Crippen LogP contribution in [-0.2, 0) is 20.9 Å². The number of nitrogens with one attached hydrogen (secondary N) is 2. The Morgan fingerprint density at radius 2 is 2.29 bits per heavy atom. The molecule has 3 N–H and O–H groups in total. The second kappa shape index (κ2) is 8.83. The van der Waals surface area contributed by atoms with E-state index in [1.165, 1.54) is 17.6 Å². The van der Waals surface area contributed by atoms with Gasteiger partial charge in [0.2, 0.25) is 0 Å². The van der Waals surface area contributed by atoms with Gasteiger partial charge in [0, 0.05) is 18.8 Å². The molecule has 0 radical (unpaired) electrons. The van der Waals surface area contributed by atoms with Gasteiger partial charge in [-0.05, 0) is 17.7 Å².